The van der Waals surface area contributed by atoms with E-state index >= 15 is 0 Å². The summed E-state index contributed by atoms with van der Waals surface area (Å²) in [4.78, 5) is 0. The van der Waals surface area contributed by atoms with Gasteiger partial charge in [0.2, 0.25) is 0 Å². The van der Waals surface area contributed by atoms with E-state index in [0.717, 1.165) is 18.7 Å². The third-order valence-electron chi connectivity index (χ3n) is 3.39. The first-order valence-electron chi connectivity index (χ1n) is 6.96. The molecule has 1 aliphatic carbocycles. The highest BCUT2D eigenvalue weighted by Gasteiger charge is 2.10. The summed E-state index contributed by atoms with van der Waals surface area (Å²) >= 11 is 0. The van der Waals surface area contributed by atoms with Gasteiger partial charge in [-0.2, -0.15) is 0 Å². The van der Waals surface area contributed by atoms with Crippen molar-refractivity contribution in [1.82, 2.24) is 5.32 Å². The van der Waals surface area contributed by atoms with E-state index in [1.807, 2.05) is 0 Å². The fourth-order valence-electron chi connectivity index (χ4n) is 2.31. The zero-order chi connectivity index (χ0) is 12.8. The van der Waals surface area contributed by atoms with Crippen LogP contribution in [0.5, 0.6) is 5.75 Å². The van der Waals surface area contributed by atoms with Crippen molar-refractivity contribution in [2.45, 2.75) is 45.3 Å². The number of nitrogens with one attached hydrogen (secondary N) is 1. The first-order valence-corrected chi connectivity index (χ1v) is 6.96. The van der Waals surface area contributed by atoms with E-state index in [0.29, 0.717) is 6.04 Å². The largest absolute Gasteiger partial charge is 0.486 e. The molecule has 1 aliphatic rings. The van der Waals surface area contributed by atoms with Crippen LogP contribution in [-0.2, 0) is 0 Å². The van der Waals surface area contributed by atoms with E-state index < -0.39 is 0 Å². The SMILES string of the molecule is CCNC(C)c1ccc(OC2C=CCCC2)cc1. The zero-order valence-corrected chi connectivity index (χ0v) is 11.4. The molecule has 0 saturated carbocycles. The number of rotatable bonds is 5. The van der Waals surface area contributed by atoms with Crippen LogP contribution in [0, 0.1) is 0 Å². The van der Waals surface area contributed by atoms with Crippen molar-refractivity contribution < 1.29 is 4.74 Å². The highest BCUT2D eigenvalue weighted by Crippen LogP contribution is 2.21. The molecule has 0 aliphatic heterocycles. The molecule has 0 spiro atoms. The molecule has 2 unspecified atom stereocenters. The molecule has 0 bridgehead atoms. The number of benzene rings is 1. The molecule has 0 aromatic heterocycles. The van der Waals surface area contributed by atoms with Crippen molar-refractivity contribution in [3.8, 4) is 5.75 Å². The summed E-state index contributed by atoms with van der Waals surface area (Å²) in [5.41, 5.74) is 1.31. The van der Waals surface area contributed by atoms with Crippen LogP contribution in [0.15, 0.2) is 36.4 Å². The van der Waals surface area contributed by atoms with Gasteiger partial charge in [0.1, 0.15) is 11.9 Å². The van der Waals surface area contributed by atoms with E-state index in [4.69, 9.17) is 4.74 Å². The number of hydrogen-bond donors (Lipinski definition) is 1. The first-order chi connectivity index (χ1) is 8.79. The van der Waals surface area contributed by atoms with Crippen LogP contribution in [-0.4, -0.2) is 12.6 Å². The second kappa shape index (κ2) is 6.60. The van der Waals surface area contributed by atoms with Crippen molar-refractivity contribution in [2.75, 3.05) is 6.54 Å². The minimum absolute atomic E-state index is 0.260. The molecular weight excluding hydrogens is 222 g/mol. The summed E-state index contributed by atoms with van der Waals surface area (Å²) < 4.78 is 5.94. The smallest absolute Gasteiger partial charge is 0.120 e. The molecule has 2 rings (SSSR count). The lowest BCUT2D eigenvalue weighted by Crippen LogP contribution is -2.18. The van der Waals surface area contributed by atoms with Gasteiger partial charge in [0, 0.05) is 6.04 Å². The summed E-state index contributed by atoms with van der Waals surface area (Å²) in [7, 11) is 0. The van der Waals surface area contributed by atoms with E-state index in [1.165, 1.54) is 18.4 Å². The van der Waals surface area contributed by atoms with Crippen LogP contribution in [0.3, 0.4) is 0 Å². The summed E-state index contributed by atoms with van der Waals surface area (Å²) in [5, 5.41) is 3.41. The van der Waals surface area contributed by atoms with Crippen LogP contribution in [0.25, 0.3) is 0 Å². The lowest BCUT2D eigenvalue weighted by molar-refractivity contribution is 0.230. The molecule has 1 N–H and O–H groups in total. The highest BCUT2D eigenvalue weighted by molar-refractivity contribution is 5.29. The molecule has 2 nitrogen and oxygen atoms in total. The standard InChI is InChI=1S/C16H23NO/c1-3-17-13(2)14-9-11-16(12-10-14)18-15-7-5-4-6-8-15/h5,7,9-13,15,17H,3-4,6,8H2,1-2H3. The summed E-state index contributed by atoms with van der Waals surface area (Å²) in [6, 6.07) is 8.85. The van der Waals surface area contributed by atoms with Crippen molar-refractivity contribution >= 4 is 0 Å². The number of hydrogen-bond acceptors (Lipinski definition) is 2. The summed E-state index contributed by atoms with van der Waals surface area (Å²) in [5.74, 6) is 0.971. The molecule has 18 heavy (non-hydrogen) atoms. The second-order valence-corrected chi connectivity index (χ2v) is 4.86. The lowest BCUT2D eigenvalue weighted by atomic mass is 10.1. The van der Waals surface area contributed by atoms with Gasteiger partial charge in [-0.15, -0.1) is 0 Å². The van der Waals surface area contributed by atoms with E-state index in [9.17, 15) is 0 Å². The lowest BCUT2D eigenvalue weighted by Gasteiger charge is -2.19. The fourth-order valence-corrected chi connectivity index (χ4v) is 2.31. The van der Waals surface area contributed by atoms with Crippen molar-refractivity contribution in [2.24, 2.45) is 0 Å². The van der Waals surface area contributed by atoms with Crippen LogP contribution in [0.2, 0.25) is 0 Å². The maximum Gasteiger partial charge on any atom is 0.120 e. The summed E-state index contributed by atoms with van der Waals surface area (Å²) in [6.45, 7) is 5.30. The van der Waals surface area contributed by atoms with Gasteiger partial charge in [0.05, 0.1) is 0 Å². The molecule has 98 valence electrons. The van der Waals surface area contributed by atoms with Gasteiger partial charge in [0.15, 0.2) is 0 Å². The van der Waals surface area contributed by atoms with Crippen LogP contribution in [0.1, 0.15) is 44.7 Å². The Bertz CT molecular complexity index is 383. The monoisotopic (exact) mass is 245 g/mol. The molecular formula is C16H23NO. The Morgan fingerprint density at radius 1 is 1.33 bits per heavy atom. The van der Waals surface area contributed by atoms with Gasteiger partial charge in [-0.05, 0) is 56.5 Å². The van der Waals surface area contributed by atoms with E-state index in [2.05, 4.69) is 55.6 Å². The van der Waals surface area contributed by atoms with Gasteiger partial charge in [-0.3, -0.25) is 0 Å². The van der Waals surface area contributed by atoms with Gasteiger partial charge in [-0.1, -0.05) is 25.1 Å². The Hall–Kier alpha value is -1.28. The van der Waals surface area contributed by atoms with Crippen LogP contribution < -0.4 is 10.1 Å². The zero-order valence-electron chi connectivity index (χ0n) is 11.4. The van der Waals surface area contributed by atoms with Crippen LogP contribution in [0.4, 0.5) is 0 Å². The third-order valence-corrected chi connectivity index (χ3v) is 3.39. The van der Waals surface area contributed by atoms with Gasteiger partial charge >= 0.3 is 0 Å². The molecule has 0 heterocycles. The Kier molecular flexibility index (Phi) is 4.82. The molecule has 1 aromatic carbocycles. The van der Waals surface area contributed by atoms with Crippen LogP contribution >= 0.6 is 0 Å². The Morgan fingerprint density at radius 3 is 2.72 bits per heavy atom. The first kappa shape index (κ1) is 13.2. The molecule has 2 atom stereocenters. The molecule has 0 amide bonds. The highest BCUT2D eigenvalue weighted by atomic mass is 16.5. The fraction of sp³-hybridized carbons (Fsp3) is 0.500. The van der Waals surface area contributed by atoms with Crippen molar-refractivity contribution in [1.29, 1.82) is 0 Å². The second-order valence-electron chi connectivity index (χ2n) is 4.86. The van der Waals surface area contributed by atoms with Gasteiger partial charge in [-0.25, -0.2) is 0 Å². The third kappa shape index (κ3) is 3.61. The summed E-state index contributed by atoms with van der Waals surface area (Å²) in [6.07, 6.45) is 8.21. The quantitative estimate of drug-likeness (QED) is 0.796. The maximum absolute atomic E-state index is 5.94. The number of allylic oxidation sites excluding steroid dienone is 1. The molecule has 0 fully saturated rings. The molecule has 0 radical (unpaired) electrons. The Morgan fingerprint density at radius 2 is 2.11 bits per heavy atom. The average molecular weight is 245 g/mol. The Balaban J connectivity index is 1.94. The molecule has 0 saturated heterocycles. The minimum Gasteiger partial charge on any atom is -0.486 e. The molecule has 2 heteroatoms. The molecule has 1 aromatic rings. The minimum atomic E-state index is 0.260. The maximum atomic E-state index is 5.94. The Labute approximate surface area is 110 Å². The van der Waals surface area contributed by atoms with Gasteiger partial charge in [0.25, 0.3) is 0 Å². The van der Waals surface area contributed by atoms with E-state index in [-0.39, 0.29) is 6.10 Å². The number of ether oxygens (including phenoxy) is 1. The van der Waals surface area contributed by atoms with Gasteiger partial charge < -0.3 is 10.1 Å². The van der Waals surface area contributed by atoms with E-state index in [1.54, 1.807) is 0 Å². The average Bonchev–Trinajstić information content (AvgIpc) is 2.41. The predicted octanol–water partition coefficient (Wildman–Crippen LogP) is 3.84. The topological polar surface area (TPSA) is 21.3 Å². The van der Waals surface area contributed by atoms with Crippen molar-refractivity contribution in [3.63, 3.8) is 0 Å². The van der Waals surface area contributed by atoms with Crippen molar-refractivity contribution in [3.05, 3.63) is 42.0 Å². The predicted molar refractivity (Wildman–Crippen MR) is 75.9 cm³/mol. The normalized spacial score (nSPS) is 20.7.